The second-order valence-electron chi connectivity index (χ2n) is 5.72. The summed E-state index contributed by atoms with van der Waals surface area (Å²) in [6, 6.07) is 11.5. The number of fused-ring (bicyclic) bond motifs is 1. The summed E-state index contributed by atoms with van der Waals surface area (Å²) in [4.78, 5) is 20.6. The summed E-state index contributed by atoms with van der Waals surface area (Å²) in [6.07, 6.45) is 5.36. The average molecular weight is 364 g/mol. The molecule has 0 atom stereocenters. The van der Waals surface area contributed by atoms with E-state index >= 15 is 0 Å². The third-order valence-electron chi connectivity index (χ3n) is 3.73. The van der Waals surface area contributed by atoms with Crippen LogP contribution in [0.1, 0.15) is 12.5 Å². The topological polar surface area (TPSA) is 84.2 Å². The molecule has 0 aliphatic carbocycles. The van der Waals surface area contributed by atoms with E-state index < -0.39 is 0 Å². The van der Waals surface area contributed by atoms with E-state index in [1.807, 2.05) is 47.1 Å². The Morgan fingerprint density at radius 2 is 2.15 bits per heavy atom. The first-order chi connectivity index (χ1) is 12.7. The third kappa shape index (κ3) is 3.40. The summed E-state index contributed by atoms with van der Waals surface area (Å²) in [5.74, 6) is -0.101. The maximum Gasteiger partial charge on any atom is 0.221 e. The van der Waals surface area contributed by atoms with Crippen LogP contribution in [0, 0.1) is 0 Å². The Kier molecular flexibility index (Phi) is 4.32. The molecular formula is C18H16N6OS. The highest BCUT2D eigenvalue weighted by atomic mass is 32.1. The predicted molar refractivity (Wildman–Crippen MR) is 102 cm³/mol. The molecule has 3 heterocycles. The molecule has 0 spiro atoms. The largest absolute Gasteiger partial charge is 0.356 e. The van der Waals surface area contributed by atoms with Gasteiger partial charge >= 0.3 is 0 Å². The normalized spacial score (nSPS) is 10.8. The van der Waals surface area contributed by atoms with Crippen LogP contribution < -0.4 is 10.6 Å². The summed E-state index contributed by atoms with van der Waals surface area (Å²) in [5, 5.41) is 11.5. The SMILES string of the molecule is CC(=O)Nc1cccc(-c2cnc3sc(NCc4cccnc4)nn23)c1. The van der Waals surface area contributed by atoms with E-state index in [1.54, 1.807) is 12.4 Å². The van der Waals surface area contributed by atoms with Crippen LogP contribution in [0.4, 0.5) is 10.8 Å². The Hall–Kier alpha value is -3.26. The zero-order valence-corrected chi connectivity index (χ0v) is 14.8. The summed E-state index contributed by atoms with van der Waals surface area (Å²) in [5.41, 5.74) is 3.64. The lowest BCUT2D eigenvalue weighted by Gasteiger charge is -2.04. The number of benzene rings is 1. The van der Waals surface area contributed by atoms with E-state index in [9.17, 15) is 4.79 Å². The van der Waals surface area contributed by atoms with Crippen LogP contribution in [0.5, 0.6) is 0 Å². The number of hydrogen-bond donors (Lipinski definition) is 2. The lowest BCUT2D eigenvalue weighted by atomic mass is 10.1. The molecule has 2 N–H and O–H groups in total. The van der Waals surface area contributed by atoms with Crippen LogP contribution in [0.15, 0.2) is 55.0 Å². The minimum absolute atomic E-state index is 0.101. The van der Waals surface area contributed by atoms with Crippen LogP contribution in [0.2, 0.25) is 0 Å². The number of imidazole rings is 1. The molecule has 0 radical (unpaired) electrons. The van der Waals surface area contributed by atoms with Crippen molar-refractivity contribution in [3.8, 4) is 11.3 Å². The second kappa shape index (κ2) is 6.93. The molecule has 0 unspecified atom stereocenters. The lowest BCUT2D eigenvalue weighted by Crippen LogP contribution is -2.05. The number of pyridine rings is 1. The molecule has 0 aliphatic rings. The highest BCUT2D eigenvalue weighted by Crippen LogP contribution is 2.27. The van der Waals surface area contributed by atoms with Crippen molar-refractivity contribution in [2.45, 2.75) is 13.5 Å². The van der Waals surface area contributed by atoms with Gasteiger partial charge in [0.05, 0.1) is 11.9 Å². The van der Waals surface area contributed by atoms with Gasteiger partial charge in [-0.15, -0.1) is 5.10 Å². The second-order valence-corrected chi connectivity index (χ2v) is 6.68. The Morgan fingerprint density at radius 3 is 2.96 bits per heavy atom. The van der Waals surface area contributed by atoms with Crippen LogP contribution in [-0.2, 0) is 11.3 Å². The van der Waals surface area contributed by atoms with Crippen molar-refractivity contribution in [2.75, 3.05) is 10.6 Å². The van der Waals surface area contributed by atoms with E-state index in [0.717, 1.165) is 32.6 Å². The van der Waals surface area contributed by atoms with Crippen molar-refractivity contribution in [3.63, 3.8) is 0 Å². The van der Waals surface area contributed by atoms with E-state index in [2.05, 4.69) is 25.7 Å². The van der Waals surface area contributed by atoms with Crippen molar-refractivity contribution in [3.05, 3.63) is 60.6 Å². The number of aromatic nitrogens is 4. The highest BCUT2D eigenvalue weighted by Gasteiger charge is 2.12. The van der Waals surface area contributed by atoms with Crippen molar-refractivity contribution >= 4 is 33.0 Å². The van der Waals surface area contributed by atoms with Gasteiger partial charge in [0, 0.05) is 37.1 Å². The fraction of sp³-hybridized carbons (Fsp3) is 0.111. The van der Waals surface area contributed by atoms with Crippen LogP contribution in [-0.4, -0.2) is 25.5 Å². The predicted octanol–water partition coefficient (Wildman–Crippen LogP) is 3.42. The van der Waals surface area contributed by atoms with Gasteiger partial charge in [-0.2, -0.15) is 0 Å². The molecule has 0 saturated heterocycles. The van der Waals surface area contributed by atoms with Crippen LogP contribution in [0.3, 0.4) is 0 Å². The standard InChI is InChI=1S/C18H16N6OS/c1-12(25)22-15-6-2-5-14(8-15)16-11-21-18-24(16)23-17(26-18)20-10-13-4-3-7-19-9-13/h2-9,11H,10H2,1H3,(H,20,23)(H,22,25). The Morgan fingerprint density at radius 1 is 1.23 bits per heavy atom. The van der Waals surface area contributed by atoms with E-state index in [0.29, 0.717) is 6.54 Å². The van der Waals surface area contributed by atoms with Crippen molar-refractivity contribution in [1.82, 2.24) is 19.6 Å². The Bertz CT molecular complexity index is 1060. The molecule has 1 amide bonds. The van der Waals surface area contributed by atoms with Crippen molar-refractivity contribution < 1.29 is 4.79 Å². The van der Waals surface area contributed by atoms with Gasteiger partial charge in [-0.05, 0) is 23.8 Å². The molecule has 0 aliphatic heterocycles. The van der Waals surface area contributed by atoms with Gasteiger partial charge in [0.2, 0.25) is 16.0 Å². The number of hydrogen-bond acceptors (Lipinski definition) is 6. The fourth-order valence-electron chi connectivity index (χ4n) is 2.60. The van der Waals surface area contributed by atoms with Crippen LogP contribution >= 0.6 is 11.3 Å². The number of nitrogens with one attached hydrogen (secondary N) is 2. The maximum absolute atomic E-state index is 11.3. The van der Waals surface area contributed by atoms with Gasteiger partial charge in [-0.3, -0.25) is 9.78 Å². The molecule has 8 heteroatoms. The molecule has 0 saturated carbocycles. The molecule has 0 fully saturated rings. The third-order valence-corrected chi connectivity index (χ3v) is 4.61. The summed E-state index contributed by atoms with van der Waals surface area (Å²) >= 11 is 1.49. The minimum Gasteiger partial charge on any atom is -0.356 e. The Balaban J connectivity index is 1.59. The van der Waals surface area contributed by atoms with Crippen LogP contribution in [0.25, 0.3) is 16.2 Å². The molecule has 4 aromatic rings. The van der Waals surface area contributed by atoms with E-state index in [-0.39, 0.29) is 5.91 Å². The Labute approximate surface area is 153 Å². The van der Waals surface area contributed by atoms with Gasteiger partial charge in [0.15, 0.2) is 0 Å². The van der Waals surface area contributed by atoms with Gasteiger partial charge in [-0.1, -0.05) is 29.5 Å². The van der Waals surface area contributed by atoms with E-state index in [4.69, 9.17) is 0 Å². The molecular weight excluding hydrogens is 348 g/mol. The maximum atomic E-state index is 11.3. The monoisotopic (exact) mass is 364 g/mol. The fourth-order valence-corrected chi connectivity index (χ4v) is 3.37. The van der Waals surface area contributed by atoms with Gasteiger partial charge in [0.1, 0.15) is 0 Å². The number of rotatable bonds is 5. The number of carbonyl (C=O) groups excluding carboxylic acids is 1. The number of amides is 1. The molecule has 1 aromatic carbocycles. The zero-order chi connectivity index (χ0) is 17.9. The molecule has 0 bridgehead atoms. The van der Waals surface area contributed by atoms with Gasteiger partial charge < -0.3 is 10.6 Å². The minimum atomic E-state index is -0.101. The first-order valence-corrected chi connectivity index (χ1v) is 8.86. The number of anilines is 2. The summed E-state index contributed by atoms with van der Waals surface area (Å²) < 4.78 is 1.81. The zero-order valence-electron chi connectivity index (χ0n) is 14.0. The number of carbonyl (C=O) groups is 1. The first-order valence-electron chi connectivity index (χ1n) is 8.04. The lowest BCUT2D eigenvalue weighted by molar-refractivity contribution is -0.114. The molecule has 26 heavy (non-hydrogen) atoms. The van der Waals surface area contributed by atoms with Gasteiger partial charge in [-0.25, -0.2) is 9.50 Å². The number of nitrogens with zero attached hydrogens (tertiary/aromatic N) is 4. The highest BCUT2D eigenvalue weighted by molar-refractivity contribution is 7.20. The molecule has 7 nitrogen and oxygen atoms in total. The summed E-state index contributed by atoms with van der Waals surface area (Å²) in [6.45, 7) is 2.14. The quantitative estimate of drug-likeness (QED) is 0.567. The van der Waals surface area contributed by atoms with Gasteiger partial charge in [0.25, 0.3) is 0 Å². The smallest absolute Gasteiger partial charge is 0.221 e. The van der Waals surface area contributed by atoms with Crippen molar-refractivity contribution in [1.29, 1.82) is 0 Å². The first kappa shape index (κ1) is 16.2. The molecule has 4 rings (SSSR count). The van der Waals surface area contributed by atoms with Crippen molar-refractivity contribution in [2.24, 2.45) is 0 Å². The molecule has 130 valence electrons. The van der Waals surface area contributed by atoms with E-state index in [1.165, 1.54) is 18.3 Å². The average Bonchev–Trinajstić information content (AvgIpc) is 3.20. The molecule has 3 aromatic heterocycles. The summed E-state index contributed by atoms with van der Waals surface area (Å²) in [7, 11) is 0.